The molecule has 0 unspecified atom stereocenters. The van der Waals surface area contributed by atoms with Crippen molar-refractivity contribution in [2.45, 2.75) is 51.8 Å². The lowest BCUT2D eigenvalue weighted by Gasteiger charge is -2.47. The summed E-state index contributed by atoms with van der Waals surface area (Å²) >= 11 is 0. The maximum atomic E-state index is 13.3. The highest BCUT2D eigenvalue weighted by Crippen LogP contribution is 2.39. The van der Waals surface area contributed by atoms with Crippen molar-refractivity contribution < 1.29 is 9.22 Å². The lowest BCUT2D eigenvalue weighted by Crippen LogP contribution is -2.70. The van der Waals surface area contributed by atoms with E-state index in [1.165, 1.54) is 10.4 Å². The first kappa shape index (κ1) is 24.0. The van der Waals surface area contributed by atoms with Crippen LogP contribution in [0.15, 0.2) is 97.2 Å². The van der Waals surface area contributed by atoms with E-state index in [0.29, 0.717) is 6.54 Å². The average Bonchev–Trinajstić information content (AvgIpc) is 2.75. The van der Waals surface area contributed by atoms with Gasteiger partial charge in [0.15, 0.2) is 5.78 Å². The highest BCUT2D eigenvalue weighted by atomic mass is 28.4. The third kappa shape index (κ3) is 4.72. The fourth-order valence-corrected chi connectivity index (χ4v) is 9.22. The van der Waals surface area contributed by atoms with Crippen molar-refractivity contribution in [3.8, 4) is 0 Å². The summed E-state index contributed by atoms with van der Waals surface area (Å²) in [7, 11) is -2.86. The molecule has 0 aromatic heterocycles. The van der Waals surface area contributed by atoms with Crippen molar-refractivity contribution in [1.29, 1.82) is 0 Å². The van der Waals surface area contributed by atoms with Crippen molar-refractivity contribution in [2.24, 2.45) is 0 Å². The Morgan fingerprint density at radius 1 is 1.03 bits per heavy atom. The zero-order valence-electron chi connectivity index (χ0n) is 19.9. The zero-order chi connectivity index (χ0) is 23.4. The van der Waals surface area contributed by atoms with E-state index in [2.05, 4.69) is 101 Å². The monoisotopic (exact) mass is 445 g/mol. The molecule has 1 aliphatic rings. The van der Waals surface area contributed by atoms with Gasteiger partial charge in [-0.2, -0.15) is 0 Å². The Labute approximate surface area is 194 Å². The lowest BCUT2D eigenvalue weighted by molar-refractivity contribution is -0.124. The topological polar surface area (TPSA) is 29.5 Å². The van der Waals surface area contributed by atoms with E-state index in [4.69, 9.17) is 4.43 Å². The molecule has 0 N–H and O–H groups in total. The Hall–Kier alpha value is -2.69. The largest absolute Gasteiger partial charge is 0.395 e. The zero-order valence-corrected chi connectivity index (χ0v) is 20.9. The molecule has 1 heterocycles. The van der Waals surface area contributed by atoms with Crippen molar-refractivity contribution in [2.75, 3.05) is 6.54 Å². The van der Waals surface area contributed by atoms with Crippen LogP contribution in [-0.4, -0.2) is 37.7 Å². The van der Waals surface area contributed by atoms with Gasteiger partial charge in [0.2, 0.25) is 0 Å². The van der Waals surface area contributed by atoms with Crippen molar-refractivity contribution >= 4 is 24.5 Å². The van der Waals surface area contributed by atoms with Crippen LogP contribution in [0, 0.1) is 0 Å². The normalized spacial score (nSPS) is 19.0. The molecule has 2 aromatic rings. The number of carbonyl (C=O) groups excluding carboxylic acids is 1. The van der Waals surface area contributed by atoms with Gasteiger partial charge in [0, 0.05) is 12.7 Å². The van der Waals surface area contributed by atoms with E-state index in [1.807, 2.05) is 24.4 Å². The van der Waals surface area contributed by atoms with Crippen LogP contribution < -0.4 is 10.4 Å². The summed E-state index contributed by atoms with van der Waals surface area (Å²) in [5.74, 6) is 0.0146. The molecule has 168 valence electrons. The van der Waals surface area contributed by atoms with Crippen LogP contribution in [0.25, 0.3) is 0 Å². The molecule has 0 radical (unpaired) electrons. The second kappa shape index (κ2) is 9.84. The van der Waals surface area contributed by atoms with Crippen LogP contribution in [0.5, 0.6) is 0 Å². The molecule has 0 saturated heterocycles. The number of benzene rings is 2. The molecule has 2 aromatic carbocycles. The lowest BCUT2D eigenvalue weighted by atomic mass is 9.99. The Morgan fingerprint density at radius 2 is 1.56 bits per heavy atom. The Morgan fingerprint density at radius 3 is 2.00 bits per heavy atom. The van der Waals surface area contributed by atoms with Gasteiger partial charge < -0.3 is 9.33 Å². The van der Waals surface area contributed by atoms with Gasteiger partial charge in [-0.25, -0.2) is 0 Å². The van der Waals surface area contributed by atoms with Gasteiger partial charge >= 0.3 is 0 Å². The maximum Gasteiger partial charge on any atom is 0.262 e. The van der Waals surface area contributed by atoms with Gasteiger partial charge in [0.25, 0.3) is 8.32 Å². The molecule has 3 rings (SSSR count). The van der Waals surface area contributed by atoms with Crippen LogP contribution in [0.2, 0.25) is 5.04 Å². The summed E-state index contributed by atoms with van der Waals surface area (Å²) in [6.45, 7) is 15.4. The van der Waals surface area contributed by atoms with E-state index in [-0.39, 0.29) is 16.9 Å². The molecule has 32 heavy (non-hydrogen) atoms. The second-order valence-corrected chi connectivity index (χ2v) is 13.9. The predicted molar refractivity (Wildman–Crippen MR) is 137 cm³/mol. The highest BCUT2D eigenvalue weighted by molar-refractivity contribution is 6.99. The van der Waals surface area contributed by atoms with Gasteiger partial charge in [-0.1, -0.05) is 99.2 Å². The van der Waals surface area contributed by atoms with Gasteiger partial charge in [0.1, 0.15) is 6.10 Å². The third-order valence-corrected chi connectivity index (χ3v) is 11.0. The molecule has 0 bridgehead atoms. The van der Waals surface area contributed by atoms with E-state index < -0.39 is 14.4 Å². The summed E-state index contributed by atoms with van der Waals surface area (Å²) in [6.07, 6.45) is 6.95. The van der Waals surface area contributed by atoms with Crippen LogP contribution in [0.4, 0.5) is 0 Å². The molecular formula is C28H35NO2Si. The number of nitrogens with zero attached hydrogens (tertiary/aromatic N) is 1. The smallest absolute Gasteiger partial charge is 0.262 e. The Kier molecular flexibility index (Phi) is 7.37. The van der Waals surface area contributed by atoms with Crippen LogP contribution in [0.3, 0.4) is 0 Å². The summed E-state index contributed by atoms with van der Waals surface area (Å²) in [4.78, 5) is 15.5. The fourth-order valence-electron chi connectivity index (χ4n) is 4.57. The van der Waals surface area contributed by atoms with E-state index in [1.54, 1.807) is 6.08 Å². The Balaban J connectivity index is 2.24. The predicted octanol–water partition coefficient (Wildman–Crippen LogP) is 4.85. The molecule has 3 nitrogen and oxygen atoms in total. The molecule has 0 aliphatic carbocycles. The average molecular weight is 446 g/mol. The number of rotatable bonds is 7. The second-order valence-electron chi connectivity index (χ2n) is 9.64. The molecule has 0 saturated carbocycles. The first-order chi connectivity index (χ1) is 15.2. The standard InChI is InChI=1S/C28H35NO2Si/c1-7-19-29-20-18-26(30)27(25(29)21-22(2)3)31-32(28(4,5)6,23-14-10-8-11-15-23)24-16-12-9-13-17-24/h7-18,20-21,25,27H,1,19H2,2-6H3/t25-,27+/m1/s1. The quantitative estimate of drug-likeness (QED) is 0.451. The molecule has 4 heteroatoms. The first-order valence-corrected chi connectivity index (χ1v) is 13.1. The third-order valence-electron chi connectivity index (χ3n) is 5.97. The minimum absolute atomic E-state index is 0.0146. The van der Waals surface area contributed by atoms with Gasteiger partial charge in [-0.05, 0) is 35.3 Å². The molecule has 2 atom stereocenters. The summed E-state index contributed by atoms with van der Waals surface area (Å²) in [5.41, 5.74) is 1.16. The van der Waals surface area contributed by atoms with Crippen LogP contribution in [0.1, 0.15) is 34.6 Å². The highest BCUT2D eigenvalue weighted by Gasteiger charge is 2.53. The molecule has 0 spiro atoms. The van der Waals surface area contributed by atoms with E-state index >= 15 is 0 Å². The van der Waals surface area contributed by atoms with E-state index in [9.17, 15) is 4.79 Å². The number of carbonyl (C=O) groups is 1. The van der Waals surface area contributed by atoms with Gasteiger partial charge in [-0.3, -0.25) is 4.79 Å². The summed E-state index contributed by atoms with van der Waals surface area (Å²) in [6, 6.07) is 20.8. The summed E-state index contributed by atoms with van der Waals surface area (Å²) in [5, 5.41) is 2.15. The molecule has 1 aliphatic heterocycles. The fraction of sp³-hybridized carbons (Fsp3) is 0.321. The molecular weight excluding hydrogens is 410 g/mol. The van der Waals surface area contributed by atoms with Crippen molar-refractivity contribution in [3.63, 3.8) is 0 Å². The van der Waals surface area contributed by atoms with Gasteiger partial charge in [-0.15, -0.1) is 6.58 Å². The van der Waals surface area contributed by atoms with E-state index in [0.717, 1.165) is 5.57 Å². The number of allylic oxidation sites excluding steroid dienone is 1. The number of hydrogen-bond donors (Lipinski definition) is 0. The molecule has 0 amide bonds. The minimum Gasteiger partial charge on any atom is -0.395 e. The number of hydrogen-bond acceptors (Lipinski definition) is 3. The Bertz CT molecular complexity index is 946. The van der Waals surface area contributed by atoms with Crippen LogP contribution >= 0.6 is 0 Å². The maximum absolute atomic E-state index is 13.3. The van der Waals surface area contributed by atoms with Crippen molar-refractivity contribution in [1.82, 2.24) is 4.90 Å². The first-order valence-electron chi connectivity index (χ1n) is 11.2. The minimum atomic E-state index is -2.86. The van der Waals surface area contributed by atoms with Crippen molar-refractivity contribution in [3.05, 3.63) is 97.2 Å². The van der Waals surface area contributed by atoms with Crippen LogP contribution in [-0.2, 0) is 9.22 Å². The number of ketones is 1. The summed E-state index contributed by atoms with van der Waals surface area (Å²) < 4.78 is 7.24. The SMILES string of the molecule is C=CCN1C=CC(=O)[C@@H](O[Si](c2ccccc2)(c2ccccc2)C(C)(C)C)[C@H]1C=C(C)C. The molecule has 0 fully saturated rings. The van der Waals surface area contributed by atoms with Gasteiger partial charge in [0.05, 0.1) is 6.04 Å².